The number of benzene rings is 8. The Labute approximate surface area is 335 Å². The SMILES string of the molecule is c1ccc(N(c2ccccc2)c2ccc3c(c2)c2cc(N(c4ccccc4)c4ccccc4)ccc2n3-c2cc(-c3ccc4oc5ccccc5c4c3)ccn2)cc1. The fourth-order valence-electron chi connectivity index (χ4n) is 8.35. The molecule has 0 aliphatic rings. The van der Waals surface area contributed by atoms with Crippen LogP contribution in [0.2, 0.25) is 0 Å². The Bertz CT molecular complexity index is 3010. The molecule has 0 radical (unpaired) electrons. The highest BCUT2D eigenvalue weighted by Gasteiger charge is 2.21. The Morgan fingerprint density at radius 3 is 1.34 bits per heavy atom. The van der Waals surface area contributed by atoms with E-state index in [9.17, 15) is 0 Å². The molecule has 11 rings (SSSR count). The molecule has 0 aliphatic heterocycles. The topological polar surface area (TPSA) is 37.4 Å². The summed E-state index contributed by atoms with van der Waals surface area (Å²) in [5.74, 6) is 0.848. The number of hydrogen-bond acceptors (Lipinski definition) is 4. The van der Waals surface area contributed by atoms with Crippen molar-refractivity contribution in [2.75, 3.05) is 9.80 Å². The minimum absolute atomic E-state index is 0.848. The molecule has 0 fully saturated rings. The average Bonchev–Trinajstić information content (AvgIpc) is 3.83. The predicted molar refractivity (Wildman–Crippen MR) is 241 cm³/mol. The third kappa shape index (κ3) is 5.76. The number of pyridine rings is 1. The van der Waals surface area contributed by atoms with Crippen molar-refractivity contribution in [2.45, 2.75) is 0 Å². The van der Waals surface area contributed by atoms with Crippen LogP contribution in [0.5, 0.6) is 0 Å². The lowest BCUT2D eigenvalue weighted by Crippen LogP contribution is -2.09. The van der Waals surface area contributed by atoms with Gasteiger partial charge in [0.05, 0.1) is 11.0 Å². The maximum Gasteiger partial charge on any atom is 0.138 e. The van der Waals surface area contributed by atoms with E-state index in [4.69, 9.17) is 9.40 Å². The maximum atomic E-state index is 6.16. The third-order valence-electron chi connectivity index (χ3n) is 11.0. The number of anilines is 6. The molecule has 0 atom stereocenters. The fourth-order valence-corrected chi connectivity index (χ4v) is 8.35. The van der Waals surface area contributed by atoms with Crippen molar-refractivity contribution in [2.24, 2.45) is 0 Å². The van der Waals surface area contributed by atoms with Crippen LogP contribution in [0.25, 0.3) is 60.7 Å². The molecule has 8 aromatic carbocycles. The van der Waals surface area contributed by atoms with Crippen LogP contribution in [-0.2, 0) is 0 Å². The van der Waals surface area contributed by atoms with Gasteiger partial charge >= 0.3 is 0 Å². The first-order valence-electron chi connectivity index (χ1n) is 19.5. The predicted octanol–water partition coefficient (Wildman–Crippen LogP) is 14.7. The van der Waals surface area contributed by atoms with Crippen LogP contribution in [0.3, 0.4) is 0 Å². The van der Waals surface area contributed by atoms with E-state index in [0.717, 1.165) is 94.8 Å². The number of furan rings is 1. The summed E-state index contributed by atoms with van der Waals surface area (Å²) < 4.78 is 8.47. The van der Waals surface area contributed by atoms with Crippen LogP contribution in [0.4, 0.5) is 34.1 Å². The number of nitrogens with zero attached hydrogens (tertiary/aromatic N) is 4. The number of fused-ring (bicyclic) bond motifs is 6. The quantitative estimate of drug-likeness (QED) is 0.155. The molecule has 3 heterocycles. The van der Waals surface area contributed by atoms with Crippen molar-refractivity contribution >= 4 is 77.9 Å². The Morgan fingerprint density at radius 1 is 0.345 bits per heavy atom. The molecule has 11 aromatic rings. The summed E-state index contributed by atoms with van der Waals surface area (Å²) in [6.07, 6.45) is 1.92. The summed E-state index contributed by atoms with van der Waals surface area (Å²) in [5, 5.41) is 4.48. The second-order valence-corrected chi connectivity index (χ2v) is 14.5. The van der Waals surface area contributed by atoms with Gasteiger partial charge in [-0.2, -0.15) is 0 Å². The zero-order valence-electron chi connectivity index (χ0n) is 31.5. The smallest absolute Gasteiger partial charge is 0.138 e. The highest BCUT2D eigenvalue weighted by atomic mass is 16.3. The Balaban J connectivity index is 1.13. The molecule has 0 N–H and O–H groups in total. The van der Waals surface area contributed by atoms with Crippen molar-refractivity contribution < 1.29 is 4.42 Å². The first-order chi connectivity index (χ1) is 28.8. The first-order valence-corrected chi connectivity index (χ1v) is 19.5. The second-order valence-electron chi connectivity index (χ2n) is 14.5. The van der Waals surface area contributed by atoms with Crippen LogP contribution < -0.4 is 9.80 Å². The molecule has 0 bridgehead atoms. The zero-order chi connectivity index (χ0) is 38.4. The maximum absolute atomic E-state index is 6.16. The molecular formula is C53H36N4O. The van der Waals surface area contributed by atoms with Crippen LogP contribution in [0.15, 0.2) is 223 Å². The number of para-hydroxylation sites is 5. The molecule has 5 heteroatoms. The Morgan fingerprint density at radius 2 is 0.810 bits per heavy atom. The molecule has 58 heavy (non-hydrogen) atoms. The molecule has 0 saturated heterocycles. The largest absolute Gasteiger partial charge is 0.456 e. The second kappa shape index (κ2) is 14.0. The van der Waals surface area contributed by atoms with Crippen LogP contribution in [0.1, 0.15) is 0 Å². The van der Waals surface area contributed by atoms with Gasteiger partial charge in [0.1, 0.15) is 17.0 Å². The third-order valence-corrected chi connectivity index (χ3v) is 11.0. The molecule has 0 spiro atoms. The van der Waals surface area contributed by atoms with Crippen molar-refractivity contribution in [3.8, 4) is 16.9 Å². The summed E-state index contributed by atoms with van der Waals surface area (Å²) in [7, 11) is 0. The number of rotatable bonds is 8. The molecule has 0 unspecified atom stereocenters. The molecule has 3 aromatic heterocycles. The summed E-state index contributed by atoms with van der Waals surface area (Å²) >= 11 is 0. The van der Waals surface area contributed by atoms with Gasteiger partial charge in [0, 0.05) is 61.9 Å². The van der Waals surface area contributed by atoms with Gasteiger partial charge < -0.3 is 14.2 Å². The Hall–Kier alpha value is -7.89. The summed E-state index contributed by atoms with van der Waals surface area (Å²) in [5.41, 5.74) is 12.6. The highest BCUT2D eigenvalue weighted by Crippen LogP contribution is 2.43. The van der Waals surface area contributed by atoms with Gasteiger partial charge in [0.25, 0.3) is 0 Å². The standard InChI is InChI=1S/C53H36N4O/c1-5-15-39(16-6-1)55(40-17-7-2-8-18-40)43-26-28-49-46(35-43)47-36-44(56(41-19-9-3-10-20-41)42-21-11-4-12-22-42)27-29-50(47)57(49)53-34-38(31-32-54-53)37-25-30-52-48(33-37)45-23-13-14-24-51(45)58-52/h1-36H. The lowest BCUT2D eigenvalue weighted by molar-refractivity contribution is 0.669. The number of aromatic nitrogens is 2. The molecule has 5 nitrogen and oxygen atoms in total. The summed E-state index contributed by atoms with van der Waals surface area (Å²) in [4.78, 5) is 9.68. The molecule has 274 valence electrons. The fraction of sp³-hybridized carbons (Fsp3) is 0. The van der Waals surface area contributed by atoms with Gasteiger partial charge in [-0.25, -0.2) is 4.98 Å². The monoisotopic (exact) mass is 744 g/mol. The van der Waals surface area contributed by atoms with E-state index in [1.807, 2.05) is 18.3 Å². The average molecular weight is 745 g/mol. The van der Waals surface area contributed by atoms with Crippen LogP contribution >= 0.6 is 0 Å². The Kier molecular flexibility index (Phi) is 8.07. The van der Waals surface area contributed by atoms with Gasteiger partial charge in [0.15, 0.2) is 0 Å². The van der Waals surface area contributed by atoms with Gasteiger partial charge in [-0.05, 0) is 126 Å². The van der Waals surface area contributed by atoms with E-state index in [1.165, 1.54) is 0 Å². The van der Waals surface area contributed by atoms with Crippen LogP contribution in [-0.4, -0.2) is 9.55 Å². The van der Waals surface area contributed by atoms with E-state index in [2.05, 4.69) is 215 Å². The van der Waals surface area contributed by atoms with Gasteiger partial charge in [0.2, 0.25) is 0 Å². The number of hydrogen-bond donors (Lipinski definition) is 0. The van der Waals surface area contributed by atoms with E-state index >= 15 is 0 Å². The van der Waals surface area contributed by atoms with Crippen LogP contribution in [0, 0.1) is 0 Å². The summed E-state index contributed by atoms with van der Waals surface area (Å²) in [6, 6.07) is 74.8. The van der Waals surface area contributed by atoms with Gasteiger partial charge in [-0.3, -0.25) is 4.57 Å². The van der Waals surface area contributed by atoms with E-state index in [-0.39, 0.29) is 0 Å². The van der Waals surface area contributed by atoms with E-state index < -0.39 is 0 Å². The minimum Gasteiger partial charge on any atom is -0.456 e. The van der Waals surface area contributed by atoms with Gasteiger partial charge in [-0.15, -0.1) is 0 Å². The molecular weight excluding hydrogens is 709 g/mol. The normalized spacial score (nSPS) is 11.4. The molecule has 0 amide bonds. The van der Waals surface area contributed by atoms with Crippen molar-refractivity contribution in [1.82, 2.24) is 9.55 Å². The van der Waals surface area contributed by atoms with E-state index in [0.29, 0.717) is 0 Å². The van der Waals surface area contributed by atoms with Crippen molar-refractivity contribution in [3.63, 3.8) is 0 Å². The van der Waals surface area contributed by atoms with Crippen molar-refractivity contribution in [3.05, 3.63) is 219 Å². The molecule has 0 aliphatic carbocycles. The summed E-state index contributed by atoms with van der Waals surface area (Å²) in [6.45, 7) is 0. The lowest BCUT2D eigenvalue weighted by Gasteiger charge is -2.26. The minimum atomic E-state index is 0.848. The van der Waals surface area contributed by atoms with E-state index in [1.54, 1.807) is 0 Å². The van der Waals surface area contributed by atoms with Crippen molar-refractivity contribution in [1.29, 1.82) is 0 Å². The van der Waals surface area contributed by atoms with Gasteiger partial charge in [-0.1, -0.05) is 97.1 Å². The molecule has 0 saturated carbocycles. The lowest BCUT2D eigenvalue weighted by atomic mass is 10.0. The first kappa shape index (κ1) is 33.4. The highest BCUT2D eigenvalue weighted by molar-refractivity contribution is 6.12. The zero-order valence-corrected chi connectivity index (χ0v) is 31.5.